The summed E-state index contributed by atoms with van der Waals surface area (Å²) in [6.07, 6.45) is 2.46. The number of nitrogens with zero attached hydrogens (tertiary/aromatic N) is 1. The first-order valence-corrected chi connectivity index (χ1v) is 3.92. The van der Waals surface area contributed by atoms with E-state index in [4.69, 9.17) is 0 Å². The largest absolute Gasteiger partial charge is 0.298 e. The van der Waals surface area contributed by atoms with E-state index in [-0.39, 0.29) is 6.04 Å². The Kier molecular flexibility index (Phi) is 1.15. The van der Waals surface area contributed by atoms with E-state index in [0.717, 1.165) is 18.4 Å². The van der Waals surface area contributed by atoms with Gasteiger partial charge >= 0.3 is 0 Å². The molecular formula is C8H13NO. The summed E-state index contributed by atoms with van der Waals surface area (Å²) < 4.78 is 0. The second kappa shape index (κ2) is 1.82. The van der Waals surface area contributed by atoms with Crippen molar-refractivity contribution < 1.29 is 4.79 Å². The van der Waals surface area contributed by atoms with E-state index < -0.39 is 0 Å². The Bertz CT molecular complexity index is 178. The van der Waals surface area contributed by atoms with Gasteiger partial charge in [0.05, 0.1) is 6.04 Å². The summed E-state index contributed by atoms with van der Waals surface area (Å²) in [7, 11) is 2.07. The van der Waals surface area contributed by atoms with Gasteiger partial charge in [-0.3, -0.25) is 9.69 Å². The summed E-state index contributed by atoms with van der Waals surface area (Å²) in [5.74, 6) is 1.20. The van der Waals surface area contributed by atoms with Crippen molar-refractivity contribution in [1.82, 2.24) is 4.90 Å². The molecule has 0 bridgehead atoms. The average molecular weight is 139 g/mol. The van der Waals surface area contributed by atoms with Crippen molar-refractivity contribution in [3.63, 3.8) is 0 Å². The number of rotatable bonds is 1. The van der Waals surface area contributed by atoms with Crippen molar-refractivity contribution >= 4 is 5.78 Å². The van der Waals surface area contributed by atoms with Crippen LogP contribution in [-0.4, -0.2) is 29.8 Å². The van der Waals surface area contributed by atoms with Crippen LogP contribution < -0.4 is 0 Å². The van der Waals surface area contributed by atoms with Crippen molar-refractivity contribution in [3.8, 4) is 0 Å². The lowest BCUT2D eigenvalue weighted by molar-refractivity contribution is -0.121. The maximum absolute atomic E-state index is 11.0. The van der Waals surface area contributed by atoms with Crippen LogP contribution in [0.1, 0.15) is 19.8 Å². The molecule has 1 heterocycles. The predicted octanol–water partition coefficient (Wildman–Crippen LogP) is 0.668. The summed E-state index contributed by atoms with van der Waals surface area (Å²) in [6, 6.07) is 1.01. The molecule has 2 fully saturated rings. The number of piperidine rings is 1. The Labute approximate surface area is 61.2 Å². The number of likely N-dealkylation sites (N-methyl/N-ethyl adjacent to an activating group) is 1. The first kappa shape index (κ1) is 6.35. The zero-order valence-electron chi connectivity index (χ0n) is 6.50. The van der Waals surface area contributed by atoms with Crippen LogP contribution in [0.4, 0.5) is 0 Å². The third kappa shape index (κ3) is 0.717. The molecule has 2 aliphatic rings. The molecule has 2 nitrogen and oxygen atoms in total. The van der Waals surface area contributed by atoms with Crippen LogP contribution in [0.2, 0.25) is 0 Å². The van der Waals surface area contributed by atoms with E-state index in [0.29, 0.717) is 5.78 Å². The minimum Gasteiger partial charge on any atom is -0.298 e. The molecule has 0 radical (unpaired) electrons. The fraction of sp³-hybridized carbons (Fsp3) is 0.875. The second-order valence-electron chi connectivity index (χ2n) is 3.59. The van der Waals surface area contributed by atoms with Crippen molar-refractivity contribution in [3.05, 3.63) is 0 Å². The fourth-order valence-electron chi connectivity index (χ4n) is 2.12. The van der Waals surface area contributed by atoms with E-state index in [1.54, 1.807) is 6.92 Å². The van der Waals surface area contributed by atoms with E-state index in [2.05, 4.69) is 11.9 Å². The van der Waals surface area contributed by atoms with Gasteiger partial charge in [-0.05, 0) is 32.7 Å². The highest BCUT2D eigenvalue weighted by Crippen LogP contribution is 2.46. The molecule has 56 valence electrons. The number of hydrogen-bond donors (Lipinski definition) is 0. The molecule has 2 heteroatoms. The molecule has 0 amide bonds. The molecular weight excluding hydrogens is 126 g/mol. The Morgan fingerprint density at radius 2 is 2.20 bits per heavy atom. The van der Waals surface area contributed by atoms with Crippen LogP contribution >= 0.6 is 0 Å². The van der Waals surface area contributed by atoms with Gasteiger partial charge < -0.3 is 0 Å². The molecule has 0 aromatic carbocycles. The maximum atomic E-state index is 11.0. The van der Waals surface area contributed by atoms with Gasteiger partial charge in [0.1, 0.15) is 5.78 Å². The highest BCUT2D eigenvalue weighted by atomic mass is 16.1. The molecule has 1 aliphatic carbocycles. The standard InChI is InChI=1S/C8H13NO/c1-5(10)7-3-6-4-8(6)9(7)2/h6-8H,3-4H2,1-2H3/t6?,7-,8?/m0/s1. The maximum Gasteiger partial charge on any atom is 0.146 e. The molecule has 2 unspecified atom stereocenters. The molecule has 1 aliphatic heterocycles. The molecule has 2 rings (SSSR count). The van der Waals surface area contributed by atoms with Gasteiger partial charge in [0, 0.05) is 6.04 Å². The van der Waals surface area contributed by atoms with Gasteiger partial charge in [0.2, 0.25) is 0 Å². The monoisotopic (exact) mass is 139 g/mol. The number of Topliss-reactive ketones (excluding diaryl/α,β-unsaturated/α-hetero) is 1. The number of ketones is 1. The van der Waals surface area contributed by atoms with E-state index in [1.807, 2.05) is 0 Å². The number of carbonyl (C=O) groups excluding carboxylic acids is 1. The number of hydrogen-bond acceptors (Lipinski definition) is 2. The third-order valence-corrected chi connectivity index (χ3v) is 2.90. The van der Waals surface area contributed by atoms with Crippen LogP contribution in [0.15, 0.2) is 0 Å². The van der Waals surface area contributed by atoms with Gasteiger partial charge in [-0.15, -0.1) is 0 Å². The highest BCUT2D eigenvalue weighted by molar-refractivity contribution is 5.82. The Hall–Kier alpha value is -0.370. The van der Waals surface area contributed by atoms with Gasteiger partial charge in [-0.1, -0.05) is 0 Å². The van der Waals surface area contributed by atoms with Crippen molar-refractivity contribution in [2.24, 2.45) is 5.92 Å². The topological polar surface area (TPSA) is 20.3 Å². The molecule has 0 N–H and O–H groups in total. The van der Waals surface area contributed by atoms with Crippen molar-refractivity contribution in [2.75, 3.05) is 7.05 Å². The summed E-state index contributed by atoms with van der Waals surface area (Å²) in [6.45, 7) is 1.70. The predicted molar refractivity (Wildman–Crippen MR) is 38.7 cm³/mol. The minimum absolute atomic E-state index is 0.253. The summed E-state index contributed by atoms with van der Waals surface area (Å²) in [5, 5.41) is 0. The zero-order chi connectivity index (χ0) is 7.30. The van der Waals surface area contributed by atoms with E-state index in [1.165, 1.54) is 6.42 Å². The van der Waals surface area contributed by atoms with Gasteiger partial charge in [-0.2, -0.15) is 0 Å². The first-order valence-electron chi connectivity index (χ1n) is 3.92. The van der Waals surface area contributed by atoms with Crippen LogP contribution in [0, 0.1) is 5.92 Å². The fourth-order valence-corrected chi connectivity index (χ4v) is 2.12. The van der Waals surface area contributed by atoms with Crippen LogP contribution in [-0.2, 0) is 4.79 Å². The first-order chi connectivity index (χ1) is 4.70. The van der Waals surface area contributed by atoms with Gasteiger partial charge in [-0.25, -0.2) is 0 Å². The number of carbonyl (C=O) groups is 1. The molecule has 10 heavy (non-hydrogen) atoms. The quantitative estimate of drug-likeness (QED) is 0.532. The molecule has 1 saturated carbocycles. The Morgan fingerprint density at radius 1 is 1.50 bits per heavy atom. The molecule has 0 aromatic heterocycles. The Balaban J connectivity index is 2.07. The number of likely N-dealkylation sites (tertiary alicyclic amines) is 1. The lowest BCUT2D eigenvalue weighted by atomic mass is 10.1. The second-order valence-corrected chi connectivity index (χ2v) is 3.59. The average Bonchev–Trinajstić information content (AvgIpc) is 2.54. The summed E-state index contributed by atoms with van der Waals surface area (Å²) in [4.78, 5) is 13.2. The smallest absolute Gasteiger partial charge is 0.146 e. The van der Waals surface area contributed by atoms with Crippen LogP contribution in [0.25, 0.3) is 0 Å². The lowest BCUT2D eigenvalue weighted by Gasteiger charge is -2.19. The highest BCUT2D eigenvalue weighted by Gasteiger charge is 2.51. The van der Waals surface area contributed by atoms with Crippen molar-refractivity contribution in [1.29, 1.82) is 0 Å². The Morgan fingerprint density at radius 3 is 2.50 bits per heavy atom. The molecule has 3 atom stereocenters. The van der Waals surface area contributed by atoms with Gasteiger partial charge in [0.15, 0.2) is 0 Å². The summed E-state index contributed by atoms with van der Waals surface area (Å²) >= 11 is 0. The van der Waals surface area contributed by atoms with E-state index >= 15 is 0 Å². The third-order valence-electron chi connectivity index (χ3n) is 2.90. The van der Waals surface area contributed by atoms with E-state index in [9.17, 15) is 4.79 Å². The zero-order valence-corrected chi connectivity index (χ0v) is 6.50. The molecule has 1 saturated heterocycles. The van der Waals surface area contributed by atoms with Crippen molar-refractivity contribution in [2.45, 2.75) is 31.8 Å². The number of fused-ring (bicyclic) bond motifs is 1. The van der Waals surface area contributed by atoms with Crippen LogP contribution in [0.5, 0.6) is 0 Å². The SMILES string of the molecule is CC(=O)[C@@H]1CC2CC2N1C. The summed E-state index contributed by atoms with van der Waals surface area (Å²) in [5.41, 5.74) is 0. The van der Waals surface area contributed by atoms with Crippen LogP contribution in [0.3, 0.4) is 0 Å². The molecule has 0 aromatic rings. The molecule has 0 spiro atoms. The van der Waals surface area contributed by atoms with Gasteiger partial charge in [0.25, 0.3) is 0 Å². The minimum atomic E-state index is 0.253. The lowest BCUT2D eigenvalue weighted by Crippen LogP contribution is -2.34. The normalized spacial score (nSPS) is 45.2.